The SMILES string of the molecule is COC(=O)c1ccc(C)c(NC(=O)Cn2cc(Br)ccc2=O)c1. The van der Waals surface area contributed by atoms with Crippen LogP contribution < -0.4 is 10.9 Å². The van der Waals surface area contributed by atoms with E-state index in [0.29, 0.717) is 15.7 Å². The van der Waals surface area contributed by atoms with E-state index in [1.165, 1.54) is 17.7 Å². The Balaban J connectivity index is 2.18. The number of amides is 1. The van der Waals surface area contributed by atoms with Crippen molar-refractivity contribution in [2.24, 2.45) is 0 Å². The van der Waals surface area contributed by atoms with Gasteiger partial charge in [-0.25, -0.2) is 4.79 Å². The van der Waals surface area contributed by atoms with Crippen LogP contribution in [-0.4, -0.2) is 23.6 Å². The van der Waals surface area contributed by atoms with Crippen LogP contribution in [0.4, 0.5) is 5.69 Å². The molecule has 23 heavy (non-hydrogen) atoms. The summed E-state index contributed by atoms with van der Waals surface area (Å²) in [5.41, 5.74) is 1.37. The molecule has 0 aliphatic rings. The summed E-state index contributed by atoms with van der Waals surface area (Å²) in [6.07, 6.45) is 1.54. The zero-order valence-electron chi connectivity index (χ0n) is 12.6. The summed E-state index contributed by atoms with van der Waals surface area (Å²) >= 11 is 3.26. The third kappa shape index (κ3) is 4.29. The molecule has 0 spiro atoms. The topological polar surface area (TPSA) is 77.4 Å². The maximum absolute atomic E-state index is 12.1. The molecule has 2 aromatic rings. The van der Waals surface area contributed by atoms with Gasteiger partial charge in [0.15, 0.2) is 0 Å². The van der Waals surface area contributed by atoms with Gasteiger partial charge in [-0.3, -0.25) is 9.59 Å². The number of carbonyl (C=O) groups is 2. The van der Waals surface area contributed by atoms with E-state index in [4.69, 9.17) is 0 Å². The van der Waals surface area contributed by atoms with Gasteiger partial charge < -0.3 is 14.6 Å². The van der Waals surface area contributed by atoms with Crippen molar-refractivity contribution in [3.63, 3.8) is 0 Å². The Bertz CT molecular complexity index is 814. The second-order valence-electron chi connectivity index (χ2n) is 4.88. The van der Waals surface area contributed by atoms with Crippen LogP contribution in [0.3, 0.4) is 0 Å². The molecule has 2 rings (SSSR count). The average molecular weight is 379 g/mol. The van der Waals surface area contributed by atoms with Crippen LogP contribution in [0.5, 0.6) is 0 Å². The first-order valence-corrected chi connectivity index (χ1v) is 7.55. The number of pyridine rings is 1. The smallest absolute Gasteiger partial charge is 0.337 e. The van der Waals surface area contributed by atoms with E-state index >= 15 is 0 Å². The second-order valence-corrected chi connectivity index (χ2v) is 5.80. The minimum absolute atomic E-state index is 0.125. The van der Waals surface area contributed by atoms with Gasteiger partial charge in [-0.1, -0.05) is 6.07 Å². The molecule has 0 aliphatic heterocycles. The zero-order valence-corrected chi connectivity index (χ0v) is 14.2. The number of carbonyl (C=O) groups excluding carboxylic acids is 2. The number of anilines is 1. The summed E-state index contributed by atoms with van der Waals surface area (Å²) in [6, 6.07) is 7.87. The highest BCUT2D eigenvalue weighted by Crippen LogP contribution is 2.17. The van der Waals surface area contributed by atoms with Gasteiger partial charge in [0, 0.05) is 22.4 Å². The second kappa shape index (κ2) is 7.23. The van der Waals surface area contributed by atoms with Gasteiger partial charge in [0.05, 0.1) is 12.7 Å². The lowest BCUT2D eigenvalue weighted by Crippen LogP contribution is -2.27. The minimum Gasteiger partial charge on any atom is -0.465 e. The van der Waals surface area contributed by atoms with E-state index < -0.39 is 5.97 Å². The van der Waals surface area contributed by atoms with Gasteiger partial charge in [-0.15, -0.1) is 0 Å². The molecule has 1 aromatic heterocycles. The van der Waals surface area contributed by atoms with Crippen molar-refractivity contribution in [2.45, 2.75) is 13.5 Å². The quantitative estimate of drug-likeness (QED) is 0.828. The first-order chi connectivity index (χ1) is 10.9. The molecule has 120 valence electrons. The molecular weight excluding hydrogens is 364 g/mol. The third-order valence-electron chi connectivity index (χ3n) is 3.19. The van der Waals surface area contributed by atoms with E-state index in [2.05, 4.69) is 26.0 Å². The van der Waals surface area contributed by atoms with Crippen LogP contribution in [0.1, 0.15) is 15.9 Å². The molecule has 1 N–H and O–H groups in total. The molecule has 1 aromatic carbocycles. The number of esters is 1. The van der Waals surface area contributed by atoms with Crippen molar-refractivity contribution in [3.8, 4) is 0 Å². The first kappa shape index (κ1) is 17.0. The summed E-state index contributed by atoms with van der Waals surface area (Å²) in [6.45, 7) is 1.68. The number of methoxy groups -OCH3 is 1. The molecule has 0 saturated carbocycles. The van der Waals surface area contributed by atoms with Crippen molar-refractivity contribution in [2.75, 3.05) is 12.4 Å². The average Bonchev–Trinajstić information content (AvgIpc) is 2.52. The minimum atomic E-state index is -0.483. The number of hydrogen-bond acceptors (Lipinski definition) is 4. The van der Waals surface area contributed by atoms with Gasteiger partial charge in [-0.05, 0) is 46.6 Å². The third-order valence-corrected chi connectivity index (χ3v) is 3.66. The zero-order chi connectivity index (χ0) is 17.0. The highest BCUT2D eigenvalue weighted by Gasteiger charge is 2.11. The number of aromatic nitrogens is 1. The van der Waals surface area contributed by atoms with Gasteiger partial charge in [0.25, 0.3) is 5.56 Å². The van der Waals surface area contributed by atoms with Crippen LogP contribution in [0.2, 0.25) is 0 Å². The fourth-order valence-electron chi connectivity index (χ4n) is 1.97. The van der Waals surface area contributed by atoms with Crippen LogP contribution in [0, 0.1) is 6.92 Å². The number of nitrogens with zero attached hydrogens (tertiary/aromatic N) is 1. The summed E-state index contributed by atoms with van der Waals surface area (Å²) in [7, 11) is 1.29. The number of ether oxygens (including phenoxy) is 1. The Morgan fingerprint density at radius 3 is 2.70 bits per heavy atom. The maximum atomic E-state index is 12.1. The molecule has 0 atom stereocenters. The lowest BCUT2D eigenvalue weighted by molar-refractivity contribution is -0.116. The molecule has 0 unspecified atom stereocenters. The van der Waals surface area contributed by atoms with E-state index in [9.17, 15) is 14.4 Å². The number of rotatable bonds is 4. The number of nitrogens with one attached hydrogen (secondary N) is 1. The van der Waals surface area contributed by atoms with Gasteiger partial charge >= 0.3 is 5.97 Å². The van der Waals surface area contributed by atoms with Gasteiger partial charge in [0.1, 0.15) is 6.54 Å². The van der Waals surface area contributed by atoms with E-state index in [1.807, 2.05) is 6.92 Å². The van der Waals surface area contributed by atoms with E-state index in [-0.39, 0.29) is 18.0 Å². The molecule has 0 radical (unpaired) electrons. The van der Waals surface area contributed by atoms with Crippen molar-refractivity contribution in [3.05, 3.63) is 62.5 Å². The fourth-order valence-corrected chi connectivity index (χ4v) is 2.35. The largest absolute Gasteiger partial charge is 0.465 e. The molecule has 0 aliphatic carbocycles. The number of halogens is 1. The van der Waals surface area contributed by atoms with Gasteiger partial charge in [0.2, 0.25) is 5.91 Å². The number of aryl methyl sites for hydroxylation is 1. The summed E-state index contributed by atoms with van der Waals surface area (Å²) < 4.78 is 6.65. The maximum Gasteiger partial charge on any atom is 0.337 e. The molecule has 1 amide bonds. The van der Waals surface area contributed by atoms with Gasteiger partial charge in [-0.2, -0.15) is 0 Å². The van der Waals surface area contributed by atoms with Crippen molar-refractivity contribution in [1.82, 2.24) is 4.57 Å². The first-order valence-electron chi connectivity index (χ1n) is 6.75. The molecule has 0 fully saturated rings. The van der Waals surface area contributed by atoms with Crippen LogP contribution in [-0.2, 0) is 16.1 Å². The van der Waals surface area contributed by atoms with Crippen molar-refractivity contribution < 1.29 is 14.3 Å². The highest BCUT2D eigenvalue weighted by molar-refractivity contribution is 9.10. The number of benzene rings is 1. The Morgan fingerprint density at radius 1 is 1.26 bits per heavy atom. The normalized spacial score (nSPS) is 10.2. The summed E-state index contributed by atoms with van der Waals surface area (Å²) in [4.78, 5) is 35.4. The van der Waals surface area contributed by atoms with Crippen LogP contribution in [0.25, 0.3) is 0 Å². The summed E-state index contributed by atoms with van der Waals surface area (Å²) in [5.74, 6) is -0.848. The molecule has 1 heterocycles. The van der Waals surface area contributed by atoms with E-state index in [1.54, 1.807) is 30.5 Å². The molecule has 0 saturated heterocycles. The molecular formula is C16H15BrN2O4. The Morgan fingerprint density at radius 2 is 2.00 bits per heavy atom. The van der Waals surface area contributed by atoms with Crippen LogP contribution >= 0.6 is 15.9 Å². The standard InChI is InChI=1S/C16H15BrN2O4/c1-10-3-4-11(16(22)23-2)7-13(10)18-14(20)9-19-8-12(17)5-6-15(19)21/h3-8H,9H2,1-2H3,(H,18,20). The lowest BCUT2D eigenvalue weighted by atomic mass is 10.1. The van der Waals surface area contributed by atoms with Crippen molar-refractivity contribution in [1.29, 1.82) is 0 Å². The Hall–Kier alpha value is -2.41. The molecule has 6 nitrogen and oxygen atoms in total. The van der Waals surface area contributed by atoms with Crippen LogP contribution in [0.15, 0.2) is 45.8 Å². The summed E-state index contributed by atoms with van der Waals surface area (Å²) in [5, 5.41) is 2.70. The predicted molar refractivity (Wildman–Crippen MR) is 89.6 cm³/mol. The van der Waals surface area contributed by atoms with Crippen molar-refractivity contribution >= 4 is 33.5 Å². The predicted octanol–water partition coefficient (Wildman–Crippen LogP) is 2.34. The monoisotopic (exact) mass is 378 g/mol. The lowest BCUT2D eigenvalue weighted by Gasteiger charge is -2.11. The fraction of sp³-hybridized carbons (Fsp3) is 0.188. The molecule has 7 heteroatoms. The Kier molecular flexibility index (Phi) is 5.33. The molecule has 0 bridgehead atoms. The van der Waals surface area contributed by atoms with E-state index in [0.717, 1.165) is 5.56 Å². The Labute approximate surface area is 141 Å². The number of hydrogen-bond donors (Lipinski definition) is 1. The highest BCUT2D eigenvalue weighted by atomic mass is 79.9.